The summed E-state index contributed by atoms with van der Waals surface area (Å²) in [5.74, 6) is 0.716. The third-order valence-corrected chi connectivity index (χ3v) is 6.69. The fourth-order valence-corrected chi connectivity index (χ4v) is 4.86. The van der Waals surface area contributed by atoms with Gasteiger partial charge in [0, 0.05) is 11.7 Å². The lowest BCUT2D eigenvalue weighted by molar-refractivity contribution is 0.213. The van der Waals surface area contributed by atoms with Crippen LogP contribution in [-0.2, 0) is 16.4 Å². The summed E-state index contributed by atoms with van der Waals surface area (Å²) in [6.07, 6.45) is 6.71. The van der Waals surface area contributed by atoms with Gasteiger partial charge in [0.25, 0.3) is 0 Å². The normalized spacial score (nSPS) is 14.6. The minimum absolute atomic E-state index is 0.0145. The third-order valence-electron chi connectivity index (χ3n) is 5.15. The second-order valence-corrected chi connectivity index (χ2v) is 9.19. The maximum Gasteiger partial charge on any atom is 0.417 e. The molecular weight excluding hydrogens is 416 g/mol. The van der Waals surface area contributed by atoms with Crippen LogP contribution in [0.1, 0.15) is 37.7 Å². The topological polar surface area (TPSA) is 93.7 Å². The van der Waals surface area contributed by atoms with Crippen LogP contribution in [-0.4, -0.2) is 27.7 Å². The number of hydrogen-bond acceptors (Lipinski definition) is 5. The quantitative estimate of drug-likeness (QED) is 0.578. The molecule has 0 atom stereocenters. The number of carbonyl (C=O) groups excluding carboxylic acids is 1. The summed E-state index contributed by atoms with van der Waals surface area (Å²) < 4.78 is 38.5. The van der Waals surface area contributed by atoms with Crippen molar-refractivity contribution in [2.75, 3.05) is 12.4 Å². The zero-order valence-electron chi connectivity index (χ0n) is 17.6. The van der Waals surface area contributed by atoms with Gasteiger partial charge in [-0.3, -0.25) is 5.32 Å². The van der Waals surface area contributed by atoms with E-state index in [2.05, 4.69) is 16.6 Å². The summed E-state index contributed by atoms with van der Waals surface area (Å²) in [6, 6.07) is 11.2. The van der Waals surface area contributed by atoms with E-state index in [4.69, 9.17) is 9.47 Å². The van der Waals surface area contributed by atoms with Crippen molar-refractivity contribution in [2.45, 2.75) is 49.5 Å². The second-order valence-electron chi connectivity index (χ2n) is 7.47. The highest BCUT2D eigenvalue weighted by atomic mass is 32.2. The van der Waals surface area contributed by atoms with E-state index < -0.39 is 16.1 Å². The Labute approximate surface area is 183 Å². The molecule has 1 saturated carbocycles. The van der Waals surface area contributed by atoms with Crippen molar-refractivity contribution in [3.8, 4) is 11.5 Å². The summed E-state index contributed by atoms with van der Waals surface area (Å²) in [4.78, 5) is 12.4. The van der Waals surface area contributed by atoms with E-state index in [-0.39, 0.29) is 16.7 Å². The average Bonchev–Trinajstić information content (AvgIpc) is 2.75. The number of carbonyl (C=O) groups is 1. The van der Waals surface area contributed by atoms with Gasteiger partial charge in [-0.25, -0.2) is 17.9 Å². The highest BCUT2D eigenvalue weighted by molar-refractivity contribution is 7.89. The van der Waals surface area contributed by atoms with Crippen molar-refractivity contribution in [1.82, 2.24) is 4.72 Å². The molecule has 31 heavy (non-hydrogen) atoms. The highest BCUT2D eigenvalue weighted by Gasteiger charge is 2.22. The Hall–Kier alpha value is -2.84. The van der Waals surface area contributed by atoms with Gasteiger partial charge in [-0.2, -0.15) is 0 Å². The van der Waals surface area contributed by atoms with E-state index >= 15 is 0 Å². The van der Waals surface area contributed by atoms with Gasteiger partial charge in [0.2, 0.25) is 10.0 Å². The Morgan fingerprint density at radius 1 is 1.10 bits per heavy atom. The molecule has 1 fully saturated rings. The molecule has 0 unspecified atom stereocenters. The molecule has 0 spiro atoms. The molecule has 2 aromatic rings. The van der Waals surface area contributed by atoms with Crippen LogP contribution in [0.5, 0.6) is 11.5 Å². The molecule has 1 aliphatic rings. The molecule has 166 valence electrons. The van der Waals surface area contributed by atoms with Crippen molar-refractivity contribution in [2.24, 2.45) is 0 Å². The van der Waals surface area contributed by atoms with Gasteiger partial charge in [0.1, 0.15) is 0 Å². The monoisotopic (exact) mass is 444 g/mol. The maximum absolute atomic E-state index is 12.6. The van der Waals surface area contributed by atoms with E-state index in [0.29, 0.717) is 17.9 Å². The molecule has 0 bridgehead atoms. The number of rotatable bonds is 8. The molecule has 3 rings (SSSR count). The van der Waals surface area contributed by atoms with Crippen LogP contribution in [0, 0.1) is 0 Å². The van der Waals surface area contributed by atoms with Crippen molar-refractivity contribution in [1.29, 1.82) is 0 Å². The standard InChI is InChI=1S/C23H28N2O5S/c1-3-7-17-10-15-21(22(16-17)29-2)30-23(26)24-18-11-13-20(14-12-18)31(27,28)25-19-8-5-4-6-9-19/h3,10-16,19,25H,1,4-9H2,2H3,(H,24,26). The van der Waals surface area contributed by atoms with Gasteiger partial charge in [-0.1, -0.05) is 31.4 Å². The lowest BCUT2D eigenvalue weighted by Gasteiger charge is -2.22. The molecule has 1 amide bonds. The van der Waals surface area contributed by atoms with Gasteiger partial charge in [0.05, 0.1) is 12.0 Å². The van der Waals surface area contributed by atoms with Crippen LogP contribution in [0.25, 0.3) is 0 Å². The molecule has 7 nitrogen and oxygen atoms in total. The Morgan fingerprint density at radius 2 is 1.81 bits per heavy atom. The van der Waals surface area contributed by atoms with E-state index in [1.165, 1.54) is 31.4 Å². The summed E-state index contributed by atoms with van der Waals surface area (Å²) in [7, 11) is -2.09. The number of methoxy groups -OCH3 is 1. The van der Waals surface area contributed by atoms with Crippen molar-refractivity contribution in [3.05, 3.63) is 60.7 Å². The van der Waals surface area contributed by atoms with Crippen molar-refractivity contribution >= 4 is 21.8 Å². The Morgan fingerprint density at radius 3 is 2.45 bits per heavy atom. The largest absolute Gasteiger partial charge is 0.493 e. The highest BCUT2D eigenvalue weighted by Crippen LogP contribution is 2.29. The SMILES string of the molecule is C=CCc1ccc(OC(=O)Nc2ccc(S(=O)(=O)NC3CCCCC3)cc2)c(OC)c1. The molecule has 8 heteroatoms. The smallest absolute Gasteiger partial charge is 0.417 e. The van der Waals surface area contributed by atoms with Crippen LogP contribution in [0.2, 0.25) is 0 Å². The van der Waals surface area contributed by atoms with Crippen LogP contribution >= 0.6 is 0 Å². The molecule has 0 aliphatic heterocycles. The number of benzene rings is 2. The summed E-state index contributed by atoms with van der Waals surface area (Å²) in [6.45, 7) is 3.70. The Kier molecular flexibility index (Phi) is 7.70. The van der Waals surface area contributed by atoms with Crippen LogP contribution in [0.3, 0.4) is 0 Å². The third kappa shape index (κ3) is 6.32. The predicted molar refractivity (Wildman–Crippen MR) is 120 cm³/mol. The van der Waals surface area contributed by atoms with Gasteiger partial charge in [-0.15, -0.1) is 6.58 Å². The average molecular weight is 445 g/mol. The molecule has 2 N–H and O–H groups in total. The second kappa shape index (κ2) is 10.5. The molecule has 2 aromatic carbocycles. The number of ether oxygens (including phenoxy) is 2. The van der Waals surface area contributed by atoms with Gasteiger partial charge in [0.15, 0.2) is 11.5 Å². The first kappa shape index (κ1) is 22.8. The van der Waals surface area contributed by atoms with Crippen LogP contribution in [0.4, 0.5) is 10.5 Å². The van der Waals surface area contributed by atoms with Crippen molar-refractivity contribution < 1.29 is 22.7 Å². The first-order chi connectivity index (χ1) is 14.9. The summed E-state index contributed by atoms with van der Waals surface area (Å²) in [5.41, 5.74) is 1.40. The molecule has 0 radical (unpaired) electrons. The minimum atomic E-state index is -3.59. The molecule has 0 heterocycles. The number of anilines is 1. The number of hydrogen-bond donors (Lipinski definition) is 2. The first-order valence-electron chi connectivity index (χ1n) is 10.3. The molecule has 0 aromatic heterocycles. The zero-order valence-corrected chi connectivity index (χ0v) is 18.4. The lowest BCUT2D eigenvalue weighted by atomic mass is 9.96. The van der Waals surface area contributed by atoms with E-state index in [1.54, 1.807) is 18.2 Å². The van der Waals surface area contributed by atoms with Gasteiger partial charge in [-0.05, 0) is 61.2 Å². The Balaban J connectivity index is 1.61. The number of nitrogens with one attached hydrogen (secondary N) is 2. The molecule has 1 aliphatic carbocycles. The summed E-state index contributed by atoms with van der Waals surface area (Å²) in [5, 5.41) is 2.59. The lowest BCUT2D eigenvalue weighted by Crippen LogP contribution is -2.36. The van der Waals surface area contributed by atoms with Gasteiger partial charge >= 0.3 is 6.09 Å². The predicted octanol–water partition coefficient (Wildman–Crippen LogP) is 4.65. The van der Waals surface area contributed by atoms with E-state index in [1.807, 2.05) is 6.07 Å². The fourth-order valence-electron chi connectivity index (χ4n) is 3.56. The van der Waals surface area contributed by atoms with Gasteiger partial charge < -0.3 is 9.47 Å². The van der Waals surface area contributed by atoms with Crippen LogP contribution in [0.15, 0.2) is 60.0 Å². The zero-order chi connectivity index (χ0) is 22.3. The summed E-state index contributed by atoms with van der Waals surface area (Å²) >= 11 is 0. The van der Waals surface area contributed by atoms with Crippen molar-refractivity contribution in [3.63, 3.8) is 0 Å². The van der Waals surface area contributed by atoms with E-state index in [9.17, 15) is 13.2 Å². The number of allylic oxidation sites excluding steroid dienone is 1. The number of amides is 1. The van der Waals surface area contributed by atoms with Crippen LogP contribution < -0.4 is 19.5 Å². The maximum atomic E-state index is 12.6. The molecular formula is C23H28N2O5S. The van der Waals surface area contributed by atoms with E-state index in [0.717, 1.165) is 37.7 Å². The Bertz CT molecular complexity index is 1010. The fraction of sp³-hybridized carbons (Fsp3) is 0.348. The first-order valence-corrected chi connectivity index (χ1v) is 11.8. The minimum Gasteiger partial charge on any atom is -0.493 e. The molecule has 0 saturated heterocycles. The number of sulfonamides is 1.